The molecule has 2 N–H and O–H groups in total. The number of nitrogens with zero attached hydrogens (tertiary/aromatic N) is 2. The Kier molecular flexibility index (Phi) is 5.33. The summed E-state index contributed by atoms with van der Waals surface area (Å²) >= 11 is 0. The first-order chi connectivity index (χ1) is 17.1. The summed E-state index contributed by atoms with van der Waals surface area (Å²) < 4.78 is 11.6. The zero-order chi connectivity index (χ0) is 23.8. The van der Waals surface area contributed by atoms with E-state index in [1.165, 1.54) is 5.01 Å². The largest absolute Gasteiger partial charge is 0.467 e. The molecule has 2 amide bonds. The number of amides is 2. The number of nitrogens with one attached hydrogen (secondary N) is 2. The molecule has 0 spiro atoms. The molecule has 2 aliphatic rings. The number of carbonyl (C=O) groups excluding carboxylic acids is 2. The van der Waals surface area contributed by atoms with Crippen LogP contribution in [0.15, 0.2) is 86.9 Å². The van der Waals surface area contributed by atoms with E-state index in [0.717, 1.165) is 35.2 Å². The van der Waals surface area contributed by atoms with Gasteiger partial charge in [0.1, 0.15) is 23.1 Å². The predicted molar refractivity (Wildman–Crippen MR) is 132 cm³/mol. The molecule has 1 aliphatic heterocycles. The Morgan fingerprint density at radius 1 is 1.00 bits per heavy atom. The van der Waals surface area contributed by atoms with E-state index in [4.69, 9.17) is 8.83 Å². The maximum Gasteiger partial charge on any atom is 0.262 e. The smallest absolute Gasteiger partial charge is 0.262 e. The zero-order valence-corrected chi connectivity index (χ0v) is 18.9. The van der Waals surface area contributed by atoms with Crippen LogP contribution in [0.25, 0.3) is 11.0 Å². The first kappa shape index (κ1) is 21.2. The van der Waals surface area contributed by atoms with Crippen molar-refractivity contribution in [3.8, 4) is 0 Å². The normalized spacial score (nSPS) is 17.4. The second-order valence-corrected chi connectivity index (χ2v) is 8.86. The summed E-state index contributed by atoms with van der Waals surface area (Å²) in [5.41, 5.74) is 3.00. The highest BCUT2D eigenvalue weighted by Crippen LogP contribution is 2.34. The van der Waals surface area contributed by atoms with E-state index < -0.39 is 0 Å². The average molecular weight is 469 g/mol. The third-order valence-corrected chi connectivity index (χ3v) is 6.29. The molecule has 4 aromatic rings. The molecule has 0 radical (unpaired) electrons. The van der Waals surface area contributed by atoms with Crippen LogP contribution < -0.4 is 10.6 Å². The van der Waals surface area contributed by atoms with Crippen LogP contribution in [0.3, 0.4) is 0 Å². The van der Waals surface area contributed by atoms with Gasteiger partial charge < -0.3 is 19.5 Å². The van der Waals surface area contributed by atoms with Gasteiger partial charge in [-0.1, -0.05) is 18.2 Å². The van der Waals surface area contributed by atoms with Crippen LogP contribution >= 0.6 is 0 Å². The van der Waals surface area contributed by atoms with Crippen molar-refractivity contribution < 1.29 is 18.4 Å². The number of furan rings is 2. The lowest BCUT2D eigenvalue weighted by molar-refractivity contribution is -0.131. The number of para-hydroxylation sites is 1. The van der Waals surface area contributed by atoms with Crippen LogP contribution in [-0.4, -0.2) is 29.1 Å². The van der Waals surface area contributed by atoms with Gasteiger partial charge in [-0.3, -0.25) is 9.59 Å². The second kappa shape index (κ2) is 8.79. The molecule has 1 saturated carbocycles. The number of anilines is 2. The molecule has 6 rings (SSSR count). The van der Waals surface area contributed by atoms with Crippen LogP contribution in [0, 0.1) is 5.92 Å². The highest BCUT2D eigenvalue weighted by atomic mass is 16.3. The molecule has 2 aromatic heterocycles. The van der Waals surface area contributed by atoms with Gasteiger partial charge in [-0.2, -0.15) is 5.10 Å². The van der Waals surface area contributed by atoms with Gasteiger partial charge in [0.15, 0.2) is 5.76 Å². The van der Waals surface area contributed by atoms with Crippen molar-refractivity contribution in [3.05, 3.63) is 84.5 Å². The van der Waals surface area contributed by atoms with Gasteiger partial charge in [-0.15, -0.1) is 0 Å². The molecule has 1 fully saturated rings. The molecule has 1 aliphatic carbocycles. The molecule has 0 bridgehead atoms. The van der Waals surface area contributed by atoms with Gasteiger partial charge in [-0.25, -0.2) is 5.01 Å². The number of hydrogen-bond acceptors (Lipinski definition) is 6. The van der Waals surface area contributed by atoms with Gasteiger partial charge in [0.05, 0.1) is 12.8 Å². The van der Waals surface area contributed by atoms with Crippen molar-refractivity contribution in [2.45, 2.75) is 25.3 Å². The van der Waals surface area contributed by atoms with Crippen molar-refractivity contribution in [2.24, 2.45) is 11.0 Å². The minimum absolute atomic E-state index is 0.0574. The van der Waals surface area contributed by atoms with E-state index in [1.807, 2.05) is 60.7 Å². The monoisotopic (exact) mass is 468 g/mol. The Labute approximate surface area is 201 Å². The number of carbonyl (C=O) groups is 2. The topological polar surface area (TPSA) is 100 Å². The minimum Gasteiger partial charge on any atom is -0.467 e. The number of hydrogen-bond donors (Lipinski definition) is 2. The van der Waals surface area contributed by atoms with E-state index in [0.29, 0.717) is 23.7 Å². The maximum absolute atomic E-state index is 13.2. The predicted octanol–water partition coefficient (Wildman–Crippen LogP) is 5.16. The number of hydrazone groups is 1. The van der Waals surface area contributed by atoms with E-state index in [-0.39, 0.29) is 30.3 Å². The first-order valence-electron chi connectivity index (χ1n) is 11.7. The Balaban J connectivity index is 1.16. The third kappa shape index (κ3) is 4.42. The quantitative estimate of drug-likeness (QED) is 0.390. The summed E-state index contributed by atoms with van der Waals surface area (Å²) in [6.07, 6.45) is 4.01. The third-order valence-electron chi connectivity index (χ3n) is 6.29. The van der Waals surface area contributed by atoms with Crippen LogP contribution in [0.4, 0.5) is 11.4 Å². The second-order valence-electron chi connectivity index (χ2n) is 8.86. The standard InChI is InChI=1S/C27H24N4O4/c32-26(16-28-19-9-11-20(12-10-19)29-27(33)17-7-8-17)31-22(24-6-3-13-34-24)15-21(30-31)25-14-18-4-1-2-5-23(18)35-25/h1-6,9-14,17,22,28H,7-8,15-16H2,(H,29,33). The Morgan fingerprint density at radius 2 is 1.80 bits per heavy atom. The van der Waals surface area contributed by atoms with E-state index >= 15 is 0 Å². The molecule has 176 valence electrons. The molecule has 3 heterocycles. The summed E-state index contributed by atoms with van der Waals surface area (Å²) in [5.74, 6) is 1.34. The summed E-state index contributed by atoms with van der Waals surface area (Å²) in [4.78, 5) is 25.1. The molecule has 8 nitrogen and oxygen atoms in total. The van der Waals surface area contributed by atoms with Crippen molar-refractivity contribution >= 4 is 39.9 Å². The molecule has 0 saturated heterocycles. The molecule has 1 atom stereocenters. The summed E-state index contributed by atoms with van der Waals surface area (Å²) in [5, 5.41) is 13.2. The Hall–Kier alpha value is -4.33. The fraction of sp³-hybridized carbons (Fsp3) is 0.222. The van der Waals surface area contributed by atoms with E-state index in [9.17, 15) is 9.59 Å². The molecule has 2 aromatic carbocycles. The molecule has 1 unspecified atom stereocenters. The fourth-order valence-corrected chi connectivity index (χ4v) is 4.24. The minimum atomic E-state index is -0.345. The van der Waals surface area contributed by atoms with Gasteiger partial charge in [0.25, 0.3) is 5.91 Å². The summed E-state index contributed by atoms with van der Waals surface area (Å²) in [7, 11) is 0. The van der Waals surface area contributed by atoms with Crippen LogP contribution in [0.1, 0.15) is 36.8 Å². The van der Waals surface area contributed by atoms with E-state index in [2.05, 4.69) is 15.7 Å². The van der Waals surface area contributed by atoms with E-state index in [1.54, 1.807) is 12.3 Å². The molecular formula is C27H24N4O4. The zero-order valence-electron chi connectivity index (χ0n) is 18.9. The molecule has 8 heteroatoms. The van der Waals surface area contributed by atoms with Crippen molar-refractivity contribution in [2.75, 3.05) is 17.2 Å². The summed E-state index contributed by atoms with van der Waals surface area (Å²) in [6, 6.07) is 20.4. The highest BCUT2D eigenvalue weighted by molar-refractivity contribution is 6.03. The van der Waals surface area contributed by atoms with Gasteiger partial charge in [0, 0.05) is 29.1 Å². The number of fused-ring (bicyclic) bond motifs is 1. The first-order valence-corrected chi connectivity index (χ1v) is 11.7. The van der Waals surface area contributed by atoms with Gasteiger partial charge in [-0.05, 0) is 61.4 Å². The van der Waals surface area contributed by atoms with Crippen molar-refractivity contribution in [1.29, 1.82) is 0 Å². The lowest BCUT2D eigenvalue weighted by Gasteiger charge is -2.20. The van der Waals surface area contributed by atoms with Crippen LogP contribution in [0.5, 0.6) is 0 Å². The molecular weight excluding hydrogens is 444 g/mol. The number of rotatable bonds is 7. The fourth-order valence-electron chi connectivity index (χ4n) is 4.24. The Bertz CT molecular complexity index is 1370. The average Bonchev–Trinajstić information content (AvgIpc) is 3.25. The maximum atomic E-state index is 13.2. The van der Waals surface area contributed by atoms with Gasteiger partial charge in [0.2, 0.25) is 5.91 Å². The van der Waals surface area contributed by atoms with Crippen molar-refractivity contribution in [3.63, 3.8) is 0 Å². The lowest BCUT2D eigenvalue weighted by Crippen LogP contribution is -2.32. The highest BCUT2D eigenvalue weighted by Gasteiger charge is 2.36. The van der Waals surface area contributed by atoms with Crippen LogP contribution in [-0.2, 0) is 9.59 Å². The van der Waals surface area contributed by atoms with Gasteiger partial charge >= 0.3 is 0 Å². The SMILES string of the molecule is O=C(Nc1ccc(NCC(=O)N2N=C(c3cc4ccccc4o3)CC2c2ccco2)cc1)C1CC1. The van der Waals surface area contributed by atoms with Crippen molar-refractivity contribution in [1.82, 2.24) is 5.01 Å². The number of benzene rings is 2. The molecule has 35 heavy (non-hydrogen) atoms. The van der Waals surface area contributed by atoms with Crippen LogP contribution in [0.2, 0.25) is 0 Å². The lowest BCUT2D eigenvalue weighted by atomic mass is 10.1. The Morgan fingerprint density at radius 3 is 2.54 bits per heavy atom. The summed E-state index contributed by atoms with van der Waals surface area (Å²) in [6.45, 7) is 0.0574.